The summed E-state index contributed by atoms with van der Waals surface area (Å²) in [4.78, 5) is 23.8. The zero-order valence-electron chi connectivity index (χ0n) is 14.6. The maximum atomic E-state index is 13.2. The van der Waals surface area contributed by atoms with Gasteiger partial charge in [-0.15, -0.1) is 0 Å². The number of methoxy groups -OCH3 is 1. The molecule has 26 heavy (non-hydrogen) atoms. The molecule has 2 bridgehead atoms. The van der Waals surface area contributed by atoms with E-state index in [1.807, 2.05) is 36.4 Å². The number of fused-ring (bicyclic) bond motifs is 2. The highest BCUT2D eigenvalue weighted by Gasteiger charge is 2.51. The standard InChI is InChI=1S/C21H21NO4/c1-26-18-10-6-14(7-11-18)21(23)20-16-3-2-15(12-16)19(20)13-4-8-17(9-5-13)22(24)25/h4-11,15-16,19-20H,2-3,12H2,1H3/t15-,16+,19+,20-/m1/s1. The molecule has 0 unspecified atom stereocenters. The molecule has 2 aromatic carbocycles. The van der Waals surface area contributed by atoms with Crippen LogP contribution < -0.4 is 4.74 Å². The van der Waals surface area contributed by atoms with E-state index < -0.39 is 0 Å². The van der Waals surface area contributed by atoms with Gasteiger partial charge < -0.3 is 4.74 Å². The second-order valence-electron chi connectivity index (χ2n) is 7.33. The first-order valence-corrected chi connectivity index (χ1v) is 9.01. The molecule has 2 saturated carbocycles. The molecule has 4 rings (SSSR count). The fourth-order valence-corrected chi connectivity index (χ4v) is 4.91. The molecule has 2 aliphatic rings. The molecular formula is C21H21NO4. The zero-order valence-corrected chi connectivity index (χ0v) is 14.6. The van der Waals surface area contributed by atoms with Crippen LogP contribution in [0.4, 0.5) is 5.69 Å². The number of non-ortho nitro benzene ring substituents is 1. The predicted molar refractivity (Wildman–Crippen MR) is 97.5 cm³/mol. The van der Waals surface area contributed by atoms with Gasteiger partial charge in [0.25, 0.3) is 5.69 Å². The Hall–Kier alpha value is -2.69. The Labute approximate surface area is 152 Å². The molecule has 5 heteroatoms. The Morgan fingerprint density at radius 1 is 1.04 bits per heavy atom. The summed E-state index contributed by atoms with van der Waals surface area (Å²) in [7, 11) is 1.61. The largest absolute Gasteiger partial charge is 0.497 e. The zero-order chi connectivity index (χ0) is 18.3. The SMILES string of the molecule is COc1ccc(C(=O)[C@@H]2[C@H]3CC[C@H](C3)[C@@H]2c2ccc([N+](=O)[O-])cc2)cc1. The second-order valence-corrected chi connectivity index (χ2v) is 7.33. The molecule has 0 amide bonds. The van der Waals surface area contributed by atoms with Gasteiger partial charge in [-0.2, -0.15) is 0 Å². The van der Waals surface area contributed by atoms with E-state index in [4.69, 9.17) is 4.74 Å². The lowest BCUT2D eigenvalue weighted by atomic mass is 9.72. The van der Waals surface area contributed by atoms with Crippen molar-refractivity contribution in [2.75, 3.05) is 7.11 Å². The van der Waals surface area contributed by atoms with E-state index >= 15 is 0 Å². The monoisotopic (exact) mass is 351 g/mol. The molecule has 2 aliphatic carbocycles. The van der Waals surface area contributed by atoms with Gasteiger partial charge in [-0.25, -0.2) is 0 Å². The van der Waals surface area contributed by atoms with Crippen LogP contribution in [0.15, 0.2) is 48.5 Å². The first-order chi connectivity index (χ1) is 12.6. The van der Waals surface area contributed by atoms with Crippen molar-refractivity contribution < 1.29 is 14.5 Å². The van der Waals surface area contributed by atoms with Gasteiger partial charge in [0.15, 0.2) is 5.78 Å². The molecule has 0 N–H and O–H groups in total. The lowest BCUT2D eigenvalue weighted by Crippen LogP contribution is -2.28. The van der Waals surface area contributed by atoms with Crippen molar-refractivity contribution >= 4 is 11.5 Å². The fourth-order valence-electron chi connectivity index (χ4n) is 4.91. The lowest BCUT2D eigenvalue weighted by molar-refractivity contribution is -0.384. The molecule has 0 aromatic heterocycles. The van der Waals surface area contributed by atoms with E-state index in [1.54, 1.807) is 19.2 Å². The average molecular weight is 351 g/mol. The minimum absolute atomic E-state index is 0.0383. The van der Waals surface area contributed by atoms with Crippen molar-refractivity contribution in [3.63, 3.8) is 0 Å². The molecule has 0 radical (unpaired) electrons. The van der Waals surface area contributed by atoms with Gasteiger partial charge in [-0.1, -0.05) is 12.1 Å². The van der Waals surface area contributed by atoms with Gasteiger partial charge >= 0.3 is 0 Å². The molecule has 0 aliphatic heterocycles. The first kappa shape index (κ1) is 16.8. The van der Waals surface area contributed by atoms with Crippen LogP contribution in [0.5, 0.6) is 5.75 Å². The third-order valence-corrected chi connectivity index (χ3v) is 6.08. The quantitative estimate of drug-likeness (QED) is 0.448. The van der Waals surface area contributed by atoms with E-state index in [0.717, 1.165) is 36.1 Å². The Kier molecular flexibility index (Phi) is 4.23. The normalized spacial score (nSPS) is 26.7. The Balaban J connectivity index is 1.64. The van der Waals surface area contributed by atoms with Gasteiger partial charge in [0, 0.05) is 23.6 Å². The van der Waals surface area contributed by atoms with E-state index in [-0.39, 0.29) is 28.2 Å². The molecule has 0 heterocycles. The van der Waals surface area contributed by atoms with Crippen LogP contribution in [-0.4, -0.2) is 17.8 Å². The third-order valence-electron chi connectivity index (χ3n) is 6.08. The van der Waals surface area contributed by atoms with Crippen molar-refractivity contribution in [3.8, 4) is 5.75 Å². The number of rotatable bonds is 5. The number of ketones is 1. The van der Waals surface area contributed by atoms with E-state index in [0.29, 0.717) is 11.8 Å². The summed E-state index contributed by atoms with van der Waals surface area (Å²) in [5, 5.41) is 10.9. The van der Waals surface area contributed by atoms with Crippen LogP contribution >= 0.6 is 0 Å². The van der Waals surface area contributed by atoms with E-state index in [2.05, 4.69) is 0 Å². The number of carbonyl (C=O) groups excluding carboxylic acids is 1. The average Bonchev–Trinajstić information content (AvgIpc) is 3.29. The summed E-state index contributed by atoms with van der Waals surface area (Å²) in [6.07, 6.45) is 3.31. The number of nitrogens with zero attached hydrogens (tertiary/aromatic N) is 1. The van der Waals surface area contributed by atoms with Crippen molar-refractivity contribution in [3.05, 3.63) is 69.8 Å². The maximum absolute atomic E-state index is 13.2. The van der Waals surface area contributed by atoms with E-state index in [9.17, 15) is 14.9 Å². The van der Waals surface area contributed by atoms with Gasteiger partial charge in [0.1, 0.15) is 5.75 Å². The van der Waals surface area contributed by atoms with Gasteiger partial charge in [0.05, 0.1) is 12.0 Å². The van der Waals surface area contributed by atoms with Crippen molar-refractivity contribution in [1.29, 1.82) is 0 Å². The number of nitro benzene ring substituents is 1. The number of carbonyl (C=O) groups is 1. The second kappa shape index (κ2) is 6.56. The van der Waals surface area contributed by atoms with E-state index in [1.165, 1.54) is 0 Å². The van der Waals surface area contributed by atoms with Crippen LogP contribution in [-0.2, 0) is 0 Å². The van der Waals surface area contributed by atoms with Gasteiger partial charge in [-0.05, 0) is 66.8 Å². The molecule has 0 spiro atoms. The smallest absolute Gasteiger partial charge is 0.269 e. The third kappa shape index (κ3) is 2.77. The van der Waals surface area contributed by atoms with Crippen LogP contribution in [0, 0.1) is 27.9 Å². The minimum atomic E-state index is -0.384. The molecule has 134 valence electrons. The number of benzene rings is 2. The molecule has 0 saturated heterocycles. The van der Waals surface area contributed by atoms with Crippen molar-refractivity contribution in [2.24, 2.45) is 17.8 Å². The molecule has 2 aromatic rings. The summed E-state index contributed by atoms with van der Waals surface area (Å²) in [5.74, 6) is 1.95. The van der Waals surface area contributed by atoms with Gasteiger partial charge in [-0.3, -0.25) is 14.9 Å². The fraction of sp³-hybridized carbons (Fsp3) is 0.381. The molecule has 5 nitrogen and oxygen atoms in total. The summed E-state index contributed by atoms with van der Waals surface area (Å²) in [6, 6.07) is 14.1. The molecule has 4 atom stereocenters. The number of ether oxygens (including phenoxy) is 1. The van der Waals surface area contributed by atoms with Crippen LogP contribution in [0.1, 0.15) is 41.1 Å². The number of hydrogen-bond donors (Lipinski definition) is 0. The summed E-state index contributed by atoms with van der Waals surface area (Å²) in [6.45, 7) is 0. The maximum Gasteiger partial charge on any atom is 0.269 e. The number of Topliss-reactive ketones (excluding diaryl/α,β-unsaturated/α-hetero) is 1. The minimum Gasteiger partial charge on any atom is -0.497 e. The summed E-state index contributed by atoms with van der Waals surface area (Å²) >= 11 is 0. The lowest BCUT2D eigenvalue weighted by Gasteiger charge is -2.30. The van der Waals surface area contributed by atoms with Crippen LogP contribution in [0.2, 0.25) is 0 Å². The Bertz CT molecular complexity index is 828. The molecular weight excluding hydrogens is 330 g/mol. The van der Waals surface area contributed by atoms with Crippen LogP contribution in [0.25, 0.3) is 0 Å². The van der Waals surface area contributed by atoms with Crippen LogP contribution in [0.3, 0.4) is 0 Å². The summed E-state index contributed by atoms with van der Waals surface area (Å²) < 4.78 is 5.18. The number of nitro groups is 1. The molecule has 2 fully saturated rings. The highest BCUT2D eigenvalue weighted by Crippen LogP contribution is 2.57. The highest BCUT2D eigenvalue weighted by molar-refractivity contribution is 5.99. The first-order valence-electron chi connectivity index (χ1n) is 9.01. The Morgan fingerprint density at radius 3 is 2.31 bits per heavy atom. The topological polar surface area (TPSA) is 69.4 Å². The van der Waals surface area contributed by atoms with Crippen molar-refractivity contribution in [2.45, 2.75) is 25.2 Å². The predicted octanol–water partition coefficient (Wildman–Crippen LogP) is 4.62. The van der Waals surface area contributed by atoms with Gasteiger partial charge in [0.2, 0.25) is 0 Å². The summed E-state index contributed by atoms with van der Waals surface area (Å²) in [5.41, 5.74) is 1.86. The highest BCUT2D eigenvalue weighted by atomic mass is 16.6. The Morgan fingerprint density at radius 2 is 1.69 bits per heavy atom. The number of hydrogen-bond acceptors (Lipinski definition) is 4. The van der Waals surface area contributed by atoms with Crippen molar-refractivity contribution in [1.82, 2.24) is 0 Å².